The van der Waals surface area contributed by atoms with E-state index in [2.05, 4.69) is 41.9 Å². The van der Waals surface area contributed by atoms with Crippen molar-refractivity contribution in [2.24, 2.45) is 12.0 Å². The van der Waals surface area contributed by atoms with Gasteiger partial charge in [-0.15, -0.1) is 0 Å². The highest BCUT2D eigenvalue weighted by molar-refractivity contribution is 6.69. The van der Waals surface area contributed by atoms with Gasteiger partial charge in [-0.05, 0) is 31.3 Å². The Morgan fingerprint density at radius 1 is 1.24 bits per heavy atom. The average molecular weight is 301 g/mol. The Labute approximate surface area is 127 Å². The van der Waals surface area contributed by atoms with Crippen LogP contribution in [0.2, 0.25) is 19.6 Å². The van der Waals surface area contributed by atoms with E-state index in [1.165, 1.54) is 5.56 Å². The number of hydrogen-bond acceptors (Lipinski definition) is 3. The molecule has 0 saturated carbocycles. The molecular formula is C16H23N3OSi. The third-order valence-electron chi connectivity index (χ3n) is 3.02. The lowest BCUT2D eigenvalue weighted by atomic mass is 10.1. The molecule has 5 heteroatoms. The number of aliphatic imine (C=N–C) groups is 1. The first kappa shape index (κ1) is 15.7. The van der Waals surface area contributed by atoms with Crippen LogP contribution in [0.3, 0.4) is 0 Å². The number of aryl methyl sites for hydroxylation is 1. The van der Waals surface area contributed by atoms with E-state index in [1.54, 1.807) is 10.9 Å². The topological polar surface area (TPSA) is 39.4 Å². The van der Waals surface area contributed by atoms with E-state index in [1.807, 2.05) is 37.5 Å². The summed E-state index contributed by atoms with van der Waals surface area (Å²) < 4.78 is 8.08. The highest BCUT2D eigenvalue weighted by atomic mass is 28.4. The van der Waals surface area contributed by atoms with Crippen LogP contribution in [-0.4, -0.2) is 30.9 Å². The van der Waals surface area contributed by atoms with E-state index in [0.29, 0.717) is 6.54 Å². The van der Waals surface area contributed by atoms with Gasteiger partial charge in [0.1, 0.15) is 0 Å². The van der Waals surface area contributed by atoms with Gasteiger partial charge in [-0.1, -0.05) is 30.3 Å². The Bertz CT molecular complexity index is 587. The Balaban J connectivity index is 2.10. The molecule has 1 atom stereocenters. The molecule has 0 spiro atoms. The van der Waals surface area contributed by atoms with Crippen LogP contribution in [0.5, 0.6) is 0 Å². The predicted molar refractivity (Wildman–Crippen MR) is 89.3 cm³/mol. The quantitative estimate of drug-likeness (QED) is 0.606. The summed E-state index contributed by atoms with van der Waals surface area (Å²) in [4.78, 5) is 4.55. The molecule has 1 aromatic heterocycles. The molecule has 1 unspecified atom stereocenters. The van der Waals surface area contributed by atoms with Gasteiger partial charge < -0.3 is 4.43 Å². The SMILES string of the molecule is Cn1nccc1C=NCC(O[Si](C)(C)C)c1ccccc1. The zero-order valence-electron chi connectivity index (χ0n) is 13.2. The molecule has 4 nitrogen and oxygen atoms in total. The van der Waals surface area contributed by atoms with Crippen LogP contribution < -0.4 is 0 Å². The maximum atomic E-state index is 6.28. The third-order valence-corrected chi connectivity index (χ3v) is 4.01. The smallest absolute Gasteiger partial charge is 0.184 e. The Morgan fingerprint density at radius 2 is 1.95 bits per heavy atom. The summed E-state index contributed by atoms with van der Waals surface area (Å²) in [7, 11) is 0.290. The molecule has 0 aliphatic carbocycles. The summed E-state index contributed by atoms with van der Waals surface area (Å²) in [5.41, 5.74) is 2.18. The molecule has 0 saturated heterocycles. The standard InChI is InChI=1S/C16H23N3OSi/c1-19-15(10-11-18-19)12-17-13-16(20-21(2,3)4)14-8-6-5-7-9-14/h5-12,16H,13H2,1-4H3. The zero-order valence-corrected chi connectivity index (χ0v) is 14.2. The lowest BCUT2D eigenvalue weighted by molar-refractivity contribution is 0.207. The van der Waals surface area contributed by atoms with Crippen molar-refractivity contribution < 1.29 is 4.43 Å². The molecule has 0 aliphatic heterocycles. The number of rotatable bonds is 6. The van der Waals surface area contributed by atoms with Crippen LogP contribution in [0.4, 0.5) is 0 Å². The highest BCUT2D eigenvalue weighted by Gasteiger charge is 2.21. The van der Waals surface area contributed by atoms with Crippen molar-refractivity contribution in [2.75, 3.05) is 6.54 Å². The van der Waals surface area contributed by atoms with Gasteiger partial charge in [0, 0.05) is 19.5 Å². The Kier molecular flexibility index (Phi) is 5.09. The second-order valence-electron chi connectivity index (χ2n) is 6.00. The number of aromatic nitrogens is 2. The fourth-order valence-electron chi connectivity index (χ4n) is 2.06. The Hall–Kier alpha value is -1.72. The molecule has 2 rings (SSSR count). The Morgan fingerprint density at radius 3 is 2.52 bits per heavy atom. The van der Waals surface area contributed by atoms with E-state index >= 15 is 0 Å². The first-order valence-electron chi connectivity index (χ1n) is 7.16. The van der Waals surface area contributed by atoms with E-state index in [4.69, 9.17) is 4.43 Å². The van der Waals surface area contributed by atoms with E-state index < -0.39 is 8.32 Å². The minimum atomic E-state index is -1.62. The van der Waals surface area contributed by atoms with Crippen molar-refractivity contribution in [1.29, 1.82) is 0 Å². The van der Waals surface area contributed by atoms with Crippen LogP contribution in [0.25, 0.3) is 0 Å². The zero-order chi connectivity index (χ0) is 15.3. The average Bonchev–Trinajstić information content (AvgIpc) is 2.83. The fourth-order valence-corrected chi connectivity index (χ4v) is 3.12. The van der Waals surface area contributed by atoms with Crippen molar-refractivity contribution in [3.05, 3.63) is 53.9 Å². The summed E-state index contributed by atoms with van der Waals surface area (Å²) >= 11 is 0. The molecule has 0 fully saturated rings. The third kappa shape index (κ3) is 4.95. The van der Waals surface area contributed by atoms with Gasteiger partial charge in [0.25, 0.3) is 0 Å². The van der Waals surface area contributed by atoms with Gasteiger partial charge in [0.15, 0.2) is 8.32 Å². The van der Waals surface area contributed by atoms with Crippen molar-refractivity contribution in [3.8, 4) is 0 Å². The van der Waals surface area contributed by atoms with Gasteiger partial charge in [-0.3, -0.25) is 9.67 Å². The maximum Gasteiger partial charge on any atom is 0.184 e. The predicted octanol–water partition coefficient (Wildman–Crippen LogP) is 3.43. The number of nitrogens with zero attached hydrogens (tertiary/aromatic N) is 3. The molecule has 0 radical (unpaired) electrons. The second kappa shape index (κ2) is 6.82. The summed E-state index contributed by atoms with van der Waals surface area (Å²) in [6.45, 7) is 7.23. The molecule has 0 N–H and O–H groups in total. The van der Waals surface area contributed by atoms with Crippen molar-refractivity contribution in [1.82, 2.24) is 9.78 Å². The van der Waals surface area contributed by atoms with Crippen LogP contribution in [-0.2, 0) is 11.5 Å². The summed E-state index contributed by atoms with van der Waals surface area (Å²) in [6.07, 6.45) is 3.65. The summed E-state index contributed by atoms with van der Waals surface area (Å²) in [6, 6.07) is 12.3. The minimum absolute atomic E-state index is 0.0161. The summed E-state index contributed by atoms with van der Waals surface area (Å²) in [5.74, 6) is 0. The highest BCUT2D eigenvalue weighted by Crippen LogP contribution is 2.22. The van der Waals surface area contributed by atoms with Gasteiger partial charge in [0.2, 0.25) is 0 Å². The van der Waals surface area contributed by atoms with Crippen LogP contribution in [0, 0.1) is 0 Å². The molecule has 21 heavy (non-hydrogen) atoms. The van der Waals surface area contributed by atoms with Crippen molar-refractivity contribution >= 4 is 14.5 Å². The van der Waals surface area contributed by atoms with Gasteiger partial charge in [-0.2, -0.15) is 5.10 Å². The van der Waals surface area contributed by atoms with Gasteiger partial charge >= 0.3 is 0 Å². The monoisotopic (exact) mass is 301 g/mol. The number of hydrogen-bond donors (Lipinski definition) is 0. The van der Waals surface area contributed by atoms with Crippen LogP contribution in [0.15, 0.2) is 47.6 Å². The second-order valence-corrected chi connectivity index (χ2v) is 10.5. The molecule has 112 valence electrons. The van der Waals surface area contributed by atoms with E-state index in [0.717, 1.165) is 5.69 Å². The minimum Gasteiger partial charge on any atom is -0.409 e. The first-order valence-corrected chi connectivity index (χ1v) is 10.6. The molecule has 1 aromatic carbocycles. The molecule has 2 aromatic rings. The fraction of sp³-hybridized carbons (Fsp3) is 0.375. The van der Waals surface area contributed by atoms with E-state index in [-0.39, 0.29) is 6.10 Å². The molecule has 0 amide bonds. The number of benzene rings is 1. The largest absolute Gasteiger partial charge is 0.409 e. The first-order chi connectivity index (χ1) is 9.96. The van der Waals surface area contributed by atoms with Crippen LogP contribution >= 0.6 is 0 Å². The van der Waals surface area contributed by atoms with E-state index in [9.17, 15) is 0 Å². The molecule has 1 heterocycles. The maximum absolute atomic E-state index is 6.28. The van der Waals surface area contributed by atoms with Gasteiger partial charge in [0.05, 0.1) is 18.3 Å². The molecule has 0 aliphatic rings. The lowest BCUT2D eigenvalue weighted by Crippen LogP contribution is -2.29. The molecular weight excluding hydrogens is 278 g/mol. The van der Waals surface area contributed by atoms with Crippen molar-refractivity contribution in [2.45, 2.75) is 25.7 Å². The van der Waals surface area contributed by atoms with Crippen LogP contribution in [0.1, 0.15) is 17.4 Å². The van der Waals surface area contributed by atoms with Crippen molar-refractivity contribution in [3.63, 3.8) is 0 Å². The lowest BCUT2D eigenvalue weighted by Gasteiger charge is -2.25. The molecule has 0 bridgehead atoms. The summed E-state index contributed by atoms with van der Waals surface area (Å²) in [5, 5.41) is 4.13. The normalized spacial score (nSPS) is 13.7. The van der Waals surface area contributed by atoms with Gasteiger partial charge in [-0.25, -0.2) is 0 Å².